The molecule has 1 N–H and O–H groups in total. The Labute approximate surface area is 145 Å². The first-order valence-electron chi connectivity index (χ1n) is 7.87. The second kappa shape index (κ2) is 6.76. The number of fused-ring (bicyclic) bond motifs is 1. The maximum Gasteiger partial charge on any atom is 0.260 e. The summed E-state index contributed by atoms with van der Waals surface area (Å²) in [4.78, 5) is 12.7. The monoisotopic (exact) mass is 347 g/mol. The Kier molecular flexibility index (Phi) is 4.71. The molecule has 1 aliphatic rings. The van der Waals surface area contributed by atoms with Gasteiger partial charge in [0.05, 0.1) is 17.9 Å². The number of ether oxygens (including phenoxy) is 2. The fraction of sp³-hybridized carbons (Fsp3) is 0.412. The molecule has 24 heavy (non-hydrogen) atoms. The SMILES string of the molecule is CCOc1cc2c(cc1NC(=O)c1cn(C)nc1SC)O[C@@H](C)C2. The van der Waals surface area contributed by atoms with E-state index in [1.54, 1.807) is 17.9 Å². The number of benzene rings is 1. The Morgan fingerprint density at radius 2 is 2.33 bits per heavy atom. The summed E-state index contributed by atoms with van der Waals surface area (Å²) in [5, 5.41) is 7.91. The van der Waals surface area contributed by atoms with Gasteiger partial charge in [-0.2, -0.15) is 5.10 Å². The van der Waals surface area contributed by atoms with Crippen LogP contribution in [0.4, 0.5) is 5.69 Å². The van der Waals surface area contributed by atoms with Crippen LogP contribution in [-0.4, -0.2) is 34.7 Å². The van der Waals surface area contributed by atoms with Crippen LogP contribution in [0.2, 0.25) is 0 Å². The molecule has 6 nitrogen and oxygen atoms in total. The van der Waals surface area contributed by atoms with Crippen molar-refractivity contribution in [1.82, 2.24) is 9.78 Å². The van der Waals surface area contributed by atoms with Gasteiger partial charge in [0.1, 0.15) is 22.6 Å². The van der Waals surface area contributed by atoms with Crippen molar-refractivity contribution in [2.75, 3.05) is 18.2 Å². The van der Waals surface area contributed by atoms with Crippen molar-refractivity contribution >= 4 is 23.4 Å². The van der Waals surface area contributed by atoms with Crippen molar-refractivity contribution in [3.05, 3.63) is 29.5 Å². The molecule has 1 amide bonds. The summed E-state index contributed by atoms with van der Waals surface area (Å²) in [6.45, 7) is 4.48. The van der Waals surface area contributed by atoms with Gasteiger partial charge < -0.3 is 14.8 Å². The van der Waals surface area contributed by atoms with Gasteiger partial charge in [-0.25, -0.2) is 0 Å². The Morgan fingerprint density at radius 1 is 1.54 bits per heavy atom. The first-order valence-corrected chi connectivity index (χ1v) is 9.09. The second-order valence-electron chi connectivity index (χ2n) is 5.70. The van der Waals surface area contributed by atoms with Gasteiger partial charge in [0, 0.05) is 31.3 Å². The Morgan fingerprint density at radius 3 is 3.04 bits per heavy atom. The summed E-state index contributed by atoms with van der Waals surface area (Å²) in [5.74, 6) is 1.26. The van der Waals surface area contributed by atoms with Gasteiger partial charge >= 0.3 is 0 Å². The molecule has 0 unspecified atom stereocenters. The van der Waals surface area contributed by atoms with Crippen molar-refractivity contribution in [1.29, 1.82) is 0 Å². The molecule has 2 aromatic rings. The molecule has 0 aliphatic carbocycles. The molecule has 0 saturated heterocycles. The van der Waals surface area contributed by atoms with E-state index in [1.807, 2.05) is 32.2 Å². The Bertz CT molecular complexity index is 773. The third kappa shape index (κ3) is 3.21. The van der Waals surface area contributed by atoms with Crippen LogP contribution in [0.15, 0.2) is 23.4 Å². The molecule has 0 bridgehead atoms. The van der Waals surface area contributed by atoms with Crippen molar-refractivity contribution in [2.45, 2.75) is 31.4 Å². The number of hydrogen-bond donors (Lipinski definition) is 1. The van der Waals surface area contributed by atoms with Crippen LogP contribution in [0.25, 0.3) is 0 Å². The topological polar surface area (TPSA) is 65.4 Å². The number of hydrogen-bond acceptors (Lipinski definition) is 5. The first-order chi connectivity index (χ1) is 11.5. The van der Waals surface area contributed by atoms with E-state index in [4.69, 9.17) is 9.47 Å². The number of aryl methyl sites for hydroxylation is 1. The first kappa shape index (κ1) is 16.7. The average molecular weight is 347 g/mol. The molecule has 128 valence electrons. The molecule has 0 fully saturated rings. The highest BCUT2D eigenvalue weighted by Crippen LogP contribution is 2.38. The zero-order valence-corrected chi connectivity index (χ0v) is 15.1. The van der Waals surface area contributed by atoms with Crippen LogP contribution in [0, 0.1) is 0 Å². The van der Waals surface area contributed by atoms with E-state index in [0.29, 0.717) is 28.6 Å². The number of nitrogens with one attached hydrogen (secondary N) is 1. The molecule has 3 rings (SSSR count). The van der Waals surface area contributed by atoms with Gasteiger partial charge in [-0.15, -0.1) is 11.8 Å². The van der Waals surface area contributed by atoms with E-state index in [0.717, 1.165) is 17.7 Å². The van der Waals surface area contributed by atoms with E-state index >= 15 is 0 Å². The molecular formula is C17H21N3O3S. The zero-order chi connectivity index (χ0) is 17.3. The van der Waals surface area contributed by atoms with Crippen LogP contribution in [0.5, 0.6) is 11.5 Å². The number of rotatable bonds is 5. The summed E-state index contributed by atoms with van der Waals surface area (Å²) in [6.07, 6.45) is 4.60. The minimum Gasteiger partial charge on any atom is -0.492 e. The number of aromatic nitrogens is 2. The Balaban J connectivity index is 1.91. The van der Waals surface area contributed by atoms with Crippen molar-refractivity contribution < 1.29 is 14.3 Å². The van der Waals surface area contributed by atoms with Crippen molar-refractivity contribution in [3.63, 3.8) is 0 Å². The molecule has 2 heterocycles. The molecule has 1 atom stereocenters. The number of nitrogens with zero attached hydrogens (tertiary/aromatic N) is 2. The molecule has 1 aromatic carbocycles. The van der Waals surface area contributed by atoms with Gasteiger partial charge in [-0.05, 0) is 26.2 Å². The van der Waals surface area contributed by atoms with Gasteiger partial charge in [-0.3, -0.25) is 9.48 Å². The van der Waals surface area contributed by atoms with Gasteiger partial charge in [-0.1, -0.05) is 0 Å². The lowest BCUT2D eigenvalue weighted by Gasteiger charge is -2.13. The normalized spacial score (nSPS) is 15.8. The fourth-order valence-electron chi connectivity index (χ4n) is 2.78. The molecular weight excluding hydrogens is 326 g/mol. The van der Waals surface area contributed by atoms with Crippen LogP contribution >= 0.6 is 11.8 Å². The van der Waals surface area contributed by atoms with Gasteiger partial charge in [0.15, 0.2) is 0 Å². The van der Waals surface area contributed by atoms with Gasteiger partial charge in [0.2, 0.25) is 0 Å². The third-order valence-electron chi connectivity index (χ3n) is 3.78. The lowest BCUT2D eigenvalue weighted by molar-refractivity contribution is 0.102. The van der Waals surface area contributed by atoms with Crippen molar-refractivity contribution in [3.8, 4) is 11.5 Å². The van der Waals surface area contributed by atoms with E-state index in [1.165, 1.54) is 11.8 Å². The summed E-state index contributed by atoms with van der Waals surface area (Å²) >= 11 is 1.44. The maximum atomic E-state index is 12.7. The van der Waals surface area contributed by atoms with Crippen LogP contribution in [0.1, 0.15) is 29.8 Å². The highest BCUT2D eigenvalue weighted by Gasteiger charge is 2.23. The zero-order valence-electron chi connectivity index (χ0n) is 14.3. The Hall–Kier alpha value is -2.15. The quantitative estimate of drug-likeness (QED) is 0.842. The lowest BCUT2D eigenvalue weighted by Crippen LogP contribution is -2.13. The third-order valence-corrected chi connectivity index (χ3v) is 4.47. The molecule has 0 radical (unpaired) electrons. The van der Waals surface area contributed by atoms with Crippen LogP contribution < -0.4 is 14.8 Å². The smallest absolute Gasteiger partial charge is 0.260 e. The molecule has 0 spiro atoms. The minimum absolute atomic E-state index is 0.141. The number of carbonyl (C=O) groups excluding carboxylic acids is 1. The number of thioether (sulfide) groups is 1. The maximum absolute atomic E-state index is 12.7. The lowest BCUT2D eigenvalue weighted by atomic mass is 10.1. The van der Waals surface area contributed by atoms with Gasteiger partial charge in [0.25, 0.3) is 5.91 Å². The highest BCUT2D eigenvalue weighted by molar-refractivity contribution is 7.98. The predicted octanol–water partition coefficient (Wildman–Crippen LogP) is 3.12. The summed E-state index contributed by atoms with van der Waals surface area (Å²) in [5.41, 5.74) is 2.27. The second-order valence-corrected chi connectivity index (χ2v) is 6.50. The standard InChI is InChI=1S/C17H21N3O3S/c1-5-22-15-7-11-6-10(2)23-14(11)8-13(15)18-16(21)12-9-20(3)19-17(12)24-4/h7-10H,5-6H2,1-4H3,(H,18,21)/t10-/m0/s1. The van der Waals surface area contributed by atoms with Crippen molar-refractivity contribution in [2.24, 2.45) is 7.05 Å². The van der Waals surface area contributed by atoms with E-state index in [2.05, 4.69) is 10.4 Å². The number of anilines is 1. The molecule has 1 aromatic heterocycles. The summed E-state index contributed by atoms with van der Waals surface area (Å²) in [6, 6.07) is 3.80. The minimum atomic E-state index is -0.209. The van der Waals surface area contributed by atoms with E-state index in [9.17, 15) is 4.79 Å². The van der Waals surface area contributed by atoms with Crippen LogP contribution in [0.3, 0.4) is 0 Å². The molecule has 7 heteroatoms. The highest BCUT2D eigenvalue weighted by atomic mass is 32.2. The number of amides is 1. The summed E-state index contributed by atoms with van der Waals surface area (Å²) in [7, 11) is 1.80. The van der Waals surface area contributed by atoms with E-state index < -0.39 is 0 Å². The summed E-state index contributed by atoms with van der Waals surface area (Å²) < 4.78 is 13.1. The van der Waals surface area contributed by atoms with Crippen LogP contribution in [-0.2, 0) is 13.5 Å². The predicted molar refractivity (Wildman–Crippen MR) is 94.3 cm³/mol. The fourth-order valence-corrected chi connectivity index (χ4v) is 3.35. The molecule has 0 saturated carbocycles. The number of carbonyl (C=O) groups is 1. The van der Waals surface area contributed by atoms with E-state index in [-0.39, 0.29) is 12.0 Å². The average Bonchev–Trinajstić information content (AvgIpc) is 3.09. The molecule has 1 aliphatic heterocycles. The largest absolute Gasteiger partial charge is 0.492 e.